The first-order valence-electron chi connectivity index (χ1n) is 3.91. The van der Waals surface area contributed by atoms with Crippen molar-refractivity contribution in [2.24, 2.45) is 0 Å². The second kappa shape index (κ2) is 4.09. The number of fused-ring (bicyclic) bond motifs is 1. The molecule has 0 saturated heterocycles. The fraction of sp³-hybridized carbons (Fsp3) is 0.100. The zero-order valence-electron chi connectivity index (χ0n) is 7.37. The molecule has 2 aromatic rings. The molecule has 14 heavy (non-hydrogen) atoms. The van der Waals surface area contributed by atoms with Crippen LogP contribution < -0.4 is 0 Å². The summed E-state index contributed by atoms with van der Waals surface area (Å²) in [6.07, 6.45) is 2.00. The second-order valence-corrected chi connectivity index (χ2v) is 5.67. The van der Waals surface area contributed by atoms with E-state index in [1.165, 1.54) is 13.7 Å². The van der Waals surface area contributed by atoms with Crippen LogP contribution in [0.1, 0.15) is 5.56 Å². The molecule has 2 rings (SSSR count). The van der Waals surface area contributed by atoms with Crippen LogP contribution in [0.2, 0.25) is 0 Å². The number of thioether (sulfide) groups is 1. The van der Waals surface area contributed by atoms with Gasteiger partial charge >= 0.3 is 0 Å². The molecule has 0 bridgehead atoms. The molecule has 0 spiro atoms. The van der Waals surface area contributed by atoms with Gasteiger partial charge < -0.3 is 0 Å². The highest BCUT2D eigenvalue weighted by Gasteiger charge is 2.07. The van der Waals surface area contributed by atoms with E-state index in [1.807, 2.05) is 12.3 Å². The molecule has 0 saturated carbocycles. The fourth-order valence-electron chi connectivity index (χ4n) is 1.28. The monoisotopic (exact) mass is 331 g/mol. The number of hydrogen-bond acceptors (Lipinski definition) is 3. The third-order valence-electron chi connectivity index (χ3n) is 1.97. The first kappa shape index (κ1) is 10.3. The van der Waals surface area contributed by atoms with Crippen molar-refractivity contribution in [1.82, 2.24) is 0 Å². The van der Waals surface area contributed by atoms with Crippen LogP contribution in [0.3, 0.4) is 0 Å². The topological polar surface area (TPSA) is 23.8 Å². The van der Waals surface area contributed by atoms with E-state index in [9.17, 15) is 0 Å². The van der Waals surface area contributed by atoms with E-state index in [1.54, 1.807) is 23.1 Å². The van der Waals surface area contributed by atoms with Gasteiger partial charge in [-0.3, -0.25) is 0 Å². The van der Waals surface area contributed by atoms with Crippen LogP contribution in [0.25, 0.3) is 10.1 Å². The number of thiophene rings is 1. The lowest BCUT2D eigenvalue weighted by Gasteiger charge is -2.00. The molecule has 1 aromatic carbocycles. The van der Waals surface area contributed by atoms with Gasteiger partial charge in [0.25, 0.3) is 0 Å². The highest BCUT2D eigenvalue weighted by molar-refractivity contribution is 14.1. The molecular weight excluding hydrogens is 325 g/mol. The van der Waals surface area contributed by atoms with Gasteiger partial charge in [-0.05, 0) is 41.0 Å². The molecule has 0 aliphatic heterocycles. The van der Waals surface area contributed by atoms with Crippen molar-refractivity contribution < 1.29 is 0 Å². The highest BCUT2D eigenvalue weighted by Crippen LogP contribution is 2.32. The maximum atomic E-state index is 8.96. The predicted octanol–water partition coefficient (Wildman–Crippen LogP) is 4.10. The van der Waals surface area contributed by atoms with Gasteiger partial charge in [-0.25, -0.2) is 0 Å². The largest absolute Gasteiger partial charge is 0.192 e. The van der Waals surface area contributed by atoms with E-state index < -0.39 is 0 Å². The number of hydrogen-bond donors (Lipinski definition) is 0. The van der Waals surface area contributed by atoms with Crippen LogP contribution in [0.4, 0.5) is 0 Å². The van der Waals surface area contributed by atoms with Gasteiger partial charge in [0.15, 0.2) is 0 Å². The molecule has 4 heteroatoms. The van der Waals surface area contributed by atoms with Crippen LogP contribution in [0.5, 0.6) is 0 Å². The summed E-state index contributed by atoms with van der Waals surface area (Å²) in [5.74, 6) is 0. The summed E-state index contributed by atoms with van der Waals surface area (Å²) in [7, 11) is 0. The Kier molecular flexibility index (Phi) is 3.00. The van der Waals surface area contributed by atoms with Gasteiger partial charge in [0, 0.05) is 23.9 Å². The van der Waals surface area contributed by atoms with E-state index in [0.717, 1.165) is 10.5 Å². The molecular formula is C10H6INS2. The molecule has 0 atom stereocenters. The minimum absolute atomic E-state index is 0.781. The third kappa shape index (κ3) is 1.64. The first-order chi connectivity index (χ1) is 6.76. The summed E-state index contributed by atoms with van der Waals surface area (Å²) < 4.78 is 2.46. The average molecular weight is 331 g/mol. The molecule has 1 heterocycles. The Hall–Kier alpha value is -0.250. The van der Waals surface area contributed by atoms with Gasteiger partial charge in [-0.1, -0.05) is 0 Å². The van der Waals surface area contributed by atoms with Crippen molar-refractivity contribution in [3.05, 3.63) is 26.6 Å². The Labute approximate surface area is 104 Å². The number of benzene rings is 1. The van der Waals surface area contributed by atoms with E-state index >= 15 is 0 Å². The van der Waals surface area contributed by atoms with Crippen molar-refractivity contribution in [3.8, 4) is 6.07 Å². The van der Waals surface area contributed by atoms with Gasteiger partial charge in [0.2, 0.25) is 0 Å². The third-order valence-corrected chi connectivity index (χ3v) is 5.01. The maximum Gasteiger partial charge on any atom is 0.100 e. The van der Waals surface area contributed by atoms with Gasteiger partial charge in [0.1, 0.15) is 6.07 Å². The minimum atomic E-state index is 0.781. The minimum Gasteiger partial charge on any atom is -0.192 e. The lowest BCUT2D eigenvalue weighted by atomic mass is 10.2. The normalized spacial score (nSPS) is 10.4. The fourth-order valence-corrected chi connectivity index (χ4v) is 3.69. The Morgan fingerprint density at radius 3 is 2.93 bits per heavy atom. The van der Waals surface area contributed by atoms with Crippen molar-refractivity contribution in [3.63, 3.8) is 0 Å². The molecule has 1 nitrogen and oxygen atoms in total. The zero-order chi connectivity index (χ0) is 10.1. The Balaban J connectivity index is 2.79. The van der Waals surface area contributed by atoms with Crippen molar-refractivity contribution in [2.75, 3.05) is 6.26 Å². The Morgan fingerprint density at radius 1 is 1.50 bits per heavy atom. The van der Waals surface area contributed by atoms with Crippen molar-refractivity contribution in [2.45, 2.75) is 4.90 Å². The van der Waals surface area contributed by atoms with Gasteiger partial charge in [0.05, 0.1) is 5.56 Å². The summed E-state index contributed by atoms with van der Waals surface area (Å²) in [6.45, 7) is 0. The maximum absolute atomic E-state index is 8.96. The van der Waals surface area contributed by atoms with E-state index in [-0.39, 0.29) is 0 Å². The van der Waals surface area contributed by atoms with Crippen LogP contribution in [-0.2, 0) is 0 Å². The van der Waals surface area contributed by atoms with Crippen molar-refractivity contribution in [1.29, 1.82) is 5.26 Å². The molecule has 0 radical (unpaired) electrons. The molecule has 0 aliphatic rings. The number of nitriles is 1. The molecule has 0 amide bonds. The van der Waals surface area contributed by atoms with Crippen LogP contribution in [0.15, 0.2) is 22.4 Å². The summed E-state index contributed by atoms with van der Waals surface area (Å²) in [5.41, 5.74) is 0.781. The smallest absolute Gasteiger partial charge is 0.100 e. The van der Waals surface area contributed by atoms with Crippen LogP contribution >= 0.6 is 45.7 Å². The van der Waals surface area contributed by atoms with Crippen molar-refractivity contribution >= 4 is 55.8 Å². The SMILES string of the molecule is CSc1cc2c(I)csc2cc1C#N. The standard InChI is InChI=1S/C10H6INS2/c1-13-9-3-7-8(11)5-14-10(7)2-6(9)4-12/h2-3,5H,1H3. The molecule has 1 aromatic heterocycles. The Bertz CT molecular complexity index is 525. The van der Waals surface area contributed by atoms with Crippen LogP contribution in [-0.4, -0.2) is 6.26 Å². The van der Waals surface area contributed by atoms with E-state index in [4.69, 9.17) is 5.26 Å². The Morgan fingerprint density at radius 2 is 2.29 bits per heavy atom. The highest BCUT2D eigenvalue weighted by atomic mass is 127. The quantitative estimate of drug-likeness (QED) is 0.580. The van der Waals surface area contributed by atoms with E-state index in [0.29, 0.717) is 0 Å². The molecule has 70 valence electrons. The number of halogens is 1. The van der Waals surface area contributed by atoms with Crippen LogP contribution in [0, 0.1) is 14.9 Å². The summed E-state index contributed by atoms with van der Waals surface area (Å²) in [5, 5.41) is 12.3. The zero-order valence-corrected chi connectivity index (χ0v) is 11.2. The lowest BCUT2D eigenvalue weighted by molar-refractivity contribution is 1.40. The predicted molar refractivity (Wildman–Crippen MR) is 71.0 cm³/mol. The van der Waals surface area contributed by atoms with Gasteiger partial charge in [-0.2, -0.15) is 5.26 Å². The second-order valence-electron chi connectivity index (χ2n) is 2.74. The first-order valence-corrected chi connectivity index (χ1v) is 7.09. The summed E-state index contributed by atoms with van der Waals surface area (Å²) in [4.78, 5) is 1.07. The van der Waals surface area contributed by atoms with E-state index in [2.05, 4.69) is 40.1 Å². The summed E-state index contributed by atoms with van der Waals surface area (Å²) >= 11 is 5.65. The average Bonchev–Trinajstić information content (AvgIpc) is 2.58. The number of nitrogens with zero attached hydrogens (tertiary/aromatic N) is 1. The lowest BCUT2D eigenvalue weighted by Crippen LogP contribution is -1.80. The molecule has 0 fully saturated rings. The summed E-state index contributed by atoms with van der Waals surface area (Å²) in [6, 6.07) is 6.32. The molecule has 0 N–H and O–H groups in total. The number of rotatable bonds is 1. The molecule has 0 aliphatic carbocycles. The van der Waals surface area contributed by atoms with Gasteiger partial charge in [-0.15, -0.1) is 23.1 Å². The molecule has 0 unspecified atom stereocenters.